The average Bonchev–Trinajstić information content (AvgIpc) is 2.63. The molecule has 86 valence electrons. The van der Waals surface area contributed by atoms with Gasteiger partial charge < -0.3 is 5.32 Å². The van der Waals surface area contributed by atoms with Gasteiger partial charge in [-0.15, -0.1) is 0 Å². The Morgan fingerprint density at radius 1 is 1.33 bits per heavy atom. The van der Waals surface area contributed by atoms with Crippen molar-refractivity contribution < 1.29 is 9.59 Å². The standard InChI is InChI=1S/C11H19NO2S/c1-9(13)7-10(14)12-8-11(15-2)5-3-4-6-11/h3-8H2,1-2H3,(H,12,14). The quantitative estimate of drug-likeness (QED) is 0.731. The Labute approximate surface area is 95.4 Å². The molecule has 0 saturated heterocycles. The van der Waals surface area contributed by atoms with Crippen molar-refractivity contribution in [2.75, 3.05) is 12.8 Å². The molecule has 1 aliphatic carbocycles. The lowest BCUT2D eigenvalue weighted by Gasteiger charge is -2.26. The van der Waals surface area contributed by atoms with Crippen molar-refractivity contribution in [3.05, 3.63) is 0 Å². The third-order valence-electron chi connectivity index (χ3n) is 2.97. The Morgan fingerprint density at radius 3 is 2.40 bits per heavy atom. The van der Waals surface area contributed by atoms with Gasteiger partial charge in [-0.1, -0.05) is 12.8 Å². The molecule has 0 bridgehead atoms. The lowest BCUT2D eigenvalue weighted by Crippen LogP contribution is -2.38. The van der Waals surface area contributed by atoms with Crippen molar-refractivity contribution in [2.24, 2.45) is 0 Å². The fourth-order valence-electron chi connectivity index (χ4n) is 2.02. The fraction of sp³-hybridized carbons (Fsp3) is 0.818. The first-order valence-corrected chi connectivity index (χ1v) is 6.62. The maximum atomic E-state index is 11.3. The summed E-state index contributed by atoms with van der Waals surface area (Å²) < 4.78 is 0.229. The molecule has 0 radical (unpaired) electrons. The van der Waals surface area contributed by atoms with Crippen LogP contribution in [0.5, 0.6) is 0 Å². The van der Waals surface area contributed by atoms with E-state index < -0.39 is 0 Å². The summed E-state index contributed by atoms with van der Waals surface area (Å²) in [6.07, 6.45) is 6.97. The summed E-state index contributed by atoms with van der Waals surface area (Å²) in [5.74, 6) is -0.208. The highest BCUT2D eigenvalue weighted by atomic mass is 32.2. The summed E-state index contributed by atoms with van der Waals surface area (Å²) >= 11 is 1.84. The van der Waals surface area contributed by atoms with E-state index in [0.29, 0.717) is 6.54 Å². The van der Waals surface area contributed by atoms with Crippen LogP contribution in [0.2, 0.25) is 0 Å². The van der Waals surface area contributed by atoms with Gasteiger partial charge in [0.2, 0.25) is 5.91 Å². The number of hydrogen-bond acceptors (Lipinski definition) is 3. The van der Waals surface area contributed by atoms with Gasteiger partial charge in [0.25, 0.3) is 0 Å². The molecule has 0 aromatic heterocycles. The van der Waals surface area contributed by atoms with Gasteiger partial charge in [0.05, 0.1) is 6.42 Å². The molecule has 0 aromatic carbocycles. The average molecular weight is 229 g/mol. The second-order valence-corrected chi connectivity index (χ2v) is 5.52. The SMILES string of the molecule is CSC1(CNC(=O)CC(C)=O)CCCC1. The van der Waals surface area contributed by atoms with Crippen LogP contribution < -0.4 is 5.32 Å². The van der Waals surface area contributed by atoms with Crippen molar-refractivity contribution in [3.8, 4) is 0 Å². The summed E-state index contributed by atoms with van der Waals surface area (Å²) in [5, 5.41) is 2.87. The maximum Gasteiger partial charge on any atom is 0.227 e. The van der Waals surface area contributed by atoms with Crippen LogP contribution in [0, 0.1) is 0 Å². The monoisotopic (exact) mass is 229 g/mol. The van der Waals surface area contributed by atoms with Crippen LogP contribution in [0.15, 0.2) is 0 Å². The van der Waals surface area contributed by atoms with Crippen LogP contribution >= 0.6 is 11.8 Å². The number of carbonyl (C=O) groups excluding carboxylic acids is 2. The Kier molecular flexibility index (Phi) is 4.64. The number of thioether (sulfide) groups is 1. The first kappa shape index (κ1) is 12.6. The van der Waals surface area contributed by atoms with Crippen molar-refractivity contribution in [1.29, 1.82) is 0 Å². The largest absolute Gasteiger partial charge is 0.354 e. The molecular formula is C11H19NO2S. The maximum absolute atomic E-state index is 11.3. The van der Waals surface area contributed by atoms with Crippen LogP contribution in [0.1, 0.15) is 39.0 Å². The fourth-order valence-corrected chi connectivity index (χ4v) is 2.93. The molecule has 15 heavy (non-hydrogen) atoms. The smallest absolute Gasteiger partial charge is 0.227 e. The normalized spacial score (nSPS) is 18.8. The molecule has 1 N–H and O–H groups in total. The van der Waals surface area contributed by atoms with Gasteiger partial charge >= 0.3 is 0 Å². The van der Waals surface area contributed by atoms with Crippen molar-refractivity contribution in [2.45, 2.75) is 43.8 Å². The Hall–Kier alpha value is -0.510. The molecule has 0 aliphatic heterocycles. The molecule has 1 amide bonds. The van der Waals surface area contributed by atoms with Crippen LogP contribution in [0.3, 0.4) is 0 Å². The third-order valence-corrected chi connectivity index (χ3v) is 4.38. The van der Waals surface area contributed by atoms with Gasteiger partial charge in [0.1, 0.15) is 5.78 Å². The molecule has 1 aliphatic rings. The van der Waals surface area contributed by atoms with E-state index in [-0.39, 0.29) is 22.9 Å². The van der Waals surface area contributed by atoms with E-state index in [2.05, 4.69) is 11.6 Å². The van der Waals surface area contributed by atoms with Crippen LogP contribution in [-0.2, 0) is 9.59 Å². The van der Waals surface area contributed by atoms with Gasteiger partial charge in [-0.25, -0.2) is 0 Å². The van der Waals surface area contributed by atoms with Crippen LogP contribution in [0.4, 0.5) is 0 Å². The lowest BCUT2D eigenvalue weighted by atomic mass is 10.1. The minimum absolute atomic E-state index is 0.0183. The Balaban J connectivity index is 2.34. The van der Waals surface area contributed by atoms with E-state index in [1.165, 1.54) is 32.6 Å². The Morgan fingerprint density at radius 2 is 1.93 bits per heavy atom. The molecular weight excluding hydrogens is 210 g/mol. The number of hydrogen-bond donors (Lipinski definition) is 1. The molecule has 3 nitrogen and oxygen atoms in total. The number of amides is 1. The summed E-state index contributed by atoms with van der Waals surface area (Å²) in [7, 11) is 0. The van der Waals surface area contributed by atoms with E-state index in [1.807, 2.05) is 11.8 Å². The topological polar surface area (TPSA) is 46.2 Å². The third kappa shape index (κ3) is 3.86. The second kappa shape index (κ2) is 5.54. The van der Waals surface area contributed by atoms with E-state index >= 15 is 0 Å². The number of nitrogens with one attached hydrogen (secondary N) is 1. The van der Waals surface area contributed by atoms with Gasteiger partial charge in [0.15, 0.2) is 0 Å². The highest BCUT2D eigenvalue weighted by Gasteiger charge is 2.33. The van der Waals surface area contributed by atoms with E-state index in [1.54, 1.807) is 0 Å². The number of rotatable bonds is 5. The van der Waals surface area contributed by atoms with Gasteiger partial charge in [-0.2, -0.15) is 11.8 Å². The van der Waals surface area contributed by atoms with Gasteiger partial charge in [-0.3, -0.25) is 9.59 Å². The summed E-state index contributed by atoms with van der Waals surface area (Å²) in [6.45, 7) is 2.15. The summed E-state index contributed by atoms with van der Waals surface area (Å²) in [4.78, 5) is 22.1. The zero-order chi connectivity index (χ0) is 11.3. The minimum Gasteiger partial charge on any atom is -0.354 e. The molecule has 1 saturated carbocycles. The molecule has 0 spiro atoms. The van der Waals surface area contributed by atoms with Crippen molar-refractivity contribution in [1.82, 2.24) is 5.32 Å². The zero-order valence-corrected chi connectivity index (χ0v) is 10.3. The molecule has 0 atom stereocenters. The van der Waals surface area contributed by atoms with E-state index in [4.69, 9.17) is 0 Å². The van der Waals surface area contributed by atoms with E-state index in [0.717, 1.165) is 0 Å². The highest BCUT2D eigenvalue weighted by Crippen LogP contribution is 2.39. The molecule has 4 heteroatoms. The van der Waals surface area contributed by atoms with Gasteiger partial charge in [0, 0.05) is 11.3 Å². The molecule has 1 rings (SSSR count). The molecule has 1 fully saturated rings. The minimum atomic E-state index is -0.136. The van der Waals surface area contributed by atoms with E-state index in [9.17, 15) is 9.59 Å². The predicted molar refractivity (Wildman–Crippen MR) is 63.0 cm³/mol. The van der Waals surface area contributed by atoms with Gasteiger partial charge in [-0.05, 0) is 26.0 Å². The summed E-state index contributed by atoms with van der Waals surface area (Å²) in [6, 6.07) is 0. The number of Topliss-reactive ketones (excluding diaryl/α,β-unsaturated/α-hetero) is 1. The molecule has 0 unspecified atom stereocenters. The van der Waals surface area contributed by atoms with Crippen LogP contribution in [0.25, 0.3) is 0 Å². The van der Waals surface area contributed by atoms with Crippen molar-refractivity contribution in [3.63, 3.8) is 0 Å². The highest BCUT2D eigenvalue weighted by molar-refractivity contribution is 8.00. The molecule has 0 heterocycles. The first-order chi connectivity index (χ1) is 7.08. The van der Waals surface area contributed by atoms with Crippen LogP contribution in [-0.4, -0.2) is 29.2 Å². The molecule has 0 aromatic rings. The Bertz CT molecular complexity index is 247. The zero-order valence-electron chi connectivity index (χ0n) is 9.47. The number of carbonyl (C=O) groups is 2. The lowest BCUT2D eigenvalue weighted by molar-refractivity contribution is -0.127. The number of ketones is 1. The van der Waals surface area contributed by atoms with Crippen molar-refractivity contribution >= 4 is 23.5 Å². The second-order valence-electron chi connectivity index (χ2n) is 4.25. The predicted octanol–water partition coefficient (Wildman–Crippen LogP) is 1.76. The first-order valence-electron chi connectivity index (χ1n) is 5.39. The summed E-state index contributed by atoms with van der Waals surface area (Å²) in [5.41, 5.74) is 0.